The van der Waals surface area contributed by atoms with Crippen LogP contribution in [0.4, 0.5) is 0 Å². The van der Waals surface area contributed by atoms with Crippen LogP contribution in [0.2, 0.25) is 0 Å². The zero-order valence-corrected chi connectivity index (χ0v) is 10.9. The molecule has 4 nitrogen and oxygen atoms in total. The van der Waals surface area contributed by atoms with Crippen LogP contribution in [-0.4, -0.2) is 19.5 Å². The van der Waals surface area contributed by atoms with Crippen LogP contribution in [0.15, 0.2) is 59.9 Å². The molecule has 3 aromatic rings. The Kier molecular flexibility index (Phi) is 2.90. The molecule has 3 aromatic heterocycles. The summed E-state index contributed by atoms with van der Waals surface area (Å²) in [7, 11) is 0. The predicted molar refractivity (Wildman–Crippen MR) is 72.3 cm³/mol. The number of hydrogen-bond donors (Lipinski definition) is 0. The van der Waals surface area contributed by atoms with Crippen molar-refractivity contribution in [1.82, 2.24) is 19.5 Å². The highest BCUT2D eigenvalue weighted by molar-refractivity contribution is 9.10. The maximum atomic E-state index is 4.38. The van der Waals surface area contributed by atoms with Gasteiger partial charge in [-0.2, -0.15) is 0 Å². The van der Waals surface area contributed by atoms with Crippen molar-refractivity contribution in [3.63, 3.8) is 0 Å². The predicted octanol–water partition coefficient (Wildman–Crippen LogP) is 3.09. The summed E-state index contributed by atoms with van der Waals surface area (Å²) in [6, 6.07) is 9.64. The highest BCUT2D eigenvalue weighted by Crippen LogP contribution is 2.18. The molecular formula is C13H9BrN4. The summed E-state index contributed by atoms with van der Waals surface area (Å²) in [6.07, 6.45) is 7.23. The molecule has 0 bridgehead atoms. The minimum Gasteiger partial charge on any atom is -0.304 e. The summed E-state index contributed by atoms with van der Waals surface area (Å²) in [6.45, 7) is 0. The van der Waals surface area contributed by atoms with Gasteiger partial charge in [0.05, 0.1) is 17.6 Å². The van der Waals surface area contributed by atoms with Crippen LogP contribution in [0.5, 0.6) is 0 Å². The first-order chi connectivity index (χ1) is 8.83. The fourth-order valence-corrected chi connectivity index (χ4v) is 2.00. The number of aromatic nitrogens is 4. The van der Waals surface area contributed by atoms with Gasteiger partial charge in [-0.1, -0.05) is 6.07 Å². The molecule has 0 atom stereocenters. The normalized spacial score (nSPS) is 10.5. The van der Waals surface area contributed by atoms with Crippen molar-refractivity contribution in [2.45, 2.75) is 0 Å². The Morgan fingerprint density at radius 2 is 2.00 bits per heavy atom. The second-order valence-corrected chi connectivity index (χ2v) is 4.54. The number of rotatable bonds is 2. The minimum absolute atomic E-state index is 0.802. The summed E-state index contributed by atoms with van der Waals surface area (Å²) in [4.78, 5) is 12.8. The van der Waals surface area contributed by atoms with Crippen LogP contribution in [0.1, 0.15) is 0 Å². The summed E-state index contributed by atoms with van der Waals surface area (Å²) >= 11 is 3.36. The lowest BCUT2D eigenvalue weighted by atomic mass is 10.3. The van der Waals surface area contributed by atoms with Gasteiger partial charge >= 0.3 is 0 Å². The first kappa shape index (κ1) is 11.1. The van der Waals surface area contributed by atoms with Crippen molar-refractivity contribution >= 4 is 15.9 Å². The van der Waals surface area contributed by atoms with E-state index in [-0.39, 0.29) is 0 Å². The minimum atomic E-state index is 0.802. The van der Waals surface area contributed by atoms with Crippen molar-refractivity contribution in [2.75, 3.05) is 0 Å². The number of pyridine rings is 2. The van der Waals surface area contributed by atoms with E-state index in [1.54, 1.807) is 18.7 Å². The molecule has 0 aromatic carbocycles. The van der Waals surface area contributed by atoms with Gasteiger partial charge in [-0.3, -0.25) is 4.98 Å². The van der Waals surface area contributed by atoms with E-state index < -0.39 is 0 Å². The number of halogens is 1. The third kappa shape index (κ3) is 2.17. The van der Waals surface area contributed by atoms with Crippen LogP contribution in [0.25, 0.3) is 17.1 Å². The average molecular weight is 301 g/mol. The van der Waals surface area contributed by atoms with Crippen LogP contribution >= 0.6 is 15.9 Å². The van der Waals surface area contributed by atoms with Gasteiger partial charge in [0, 0.05) is 12.4 Å². The van der Waals surface area contributed by atoms with Gasteiger partial charge in [-0.15, -0.1) is 0 Å². The van der Waals surface area contributed by atoms with Gasteiger partial charge in [0.15, 0.2) is 0 Å². The molecule has 0 spiro atoms. The summed E-state index contributed by atoms with van der Waals surface area (Å²) < 4.78 is 2.72. The number of imidazole rings is 1. The maximum Gasteiger partial charge on any atom is 0.107 e. The van der Waals surface area contributed by atoms with Crippen LogP contribution < -0.4 is 0 Å². The molecule has 0 radical (unpaired) electrons. The van der Waals surface area contributed by atoms with Crippen molar-refractivity contribution in [3.8, 4) is 17.1 Å². The van der Waals surface area contributed by atoms with Gasteiger partial charge < -0.3 is 4.57 Å². The molecule has 5 heteroatoms. The number of nitrogens with zero attached hydrogens (tertiary/aromatic N) is 4. The Balaban J connectivity index is 2.00. The molecule has 0 unspecified atom stereocenters. The Hall–Kier alpha value is -2.01. The van der Waals surface area contributed by atoms with E-state index in [2.05, 4.69) is 30.9 Å². The van der Waals surface area contributed by atoms with E-state index >= 15 is 0 Å². The third-order valence-corrected chi connectivity index (χ3v) is 2.95. The van der Waals surface area contributed by atoms with Crippen molar-refractivity contribution in [3.05, 3.63) is 59.9 Å². The Morgan fingerprint density at radius 3 is 2.78 bits per heavy atom. The fraction of sp³-hybridized carbons (Fsp3) is 0. The average Bonchev–Trinajstić information content (AvgIpc) is 2.89. The van der Waals surface area contributed by atoms with Crippen LogP contribution in [0, 0.1) is 0 Å². The molecule has 0 aliphatic rings. The Morgan fingerprint density at radius 1 is 1.06 bits per heavy atom. The third-order valence-electron chi connectivity index (χ3n) is 2.50. The lowest BCUT2D eigenvalue weighted by molar-refractivity contribution is 1.04. The van der Waals surface area contributed by atoms with Crippen molar-refractivity contribution in [2.24, 2.45) is 0 Å². The highest BCUT2D eigenvalue weighted by Gasteiger charge is 2.05. The van der Waals surface area contributed by atoms with Crippen molar-refractivity contribution in [1.29, 1.82) is 0 Å². The van der Waals surface area contributed by atoms with Gasteiger partial charge in [-0.05, 0) is 40.2 Å². The molecule has 0 aliphatic heterocycles. The molecule has 3 heterocycles. The first-order valence-corrected chi connectivity index (χ1v) is 6.19. The zero-order chi connectivity index (χ0) is 12.4. The van der Waals surface area contributed by atoms with E-state index in [0.29, 0.717) is 0 Å². The second kappa shape index (κ2) is 4.70. The topological polar surface area (TPSA) is 43.6 Å². The van der Waals surface area contributed by atoms with Gasteiger partial charge in [0.25, 0.3) is 0 Å². The monoisotopic (exact) mass is 300 g/mol. The van der Waals surface area contributed by atoms with Crippen LogP contribution in [-0.2, 0) is 0 Å². The number of hydrogen-bond acceptors (Lipinski definition) is 3. The first-order valence-electron chi connectivity index (χ1n) is 5.40. The fourth-order valence-electron chi connectivity index (χ4n) is 1.65. The highest BCUT2D eigenvalue weighted by atomic mass is 79.9. The SMILES string of the molecule is Brc1cccc(-c2cn(-c3cccnc3)cn2)n1. The quantitative estimate of drug-likeness (QED) is 0.683. The molecule has 0 amide bonds. The zero-order valence-electron chi connectivity index (χ0n) is 9.36. The molecular weight excluding hydrogens is 292 g/mol. The van der Waals surface area contributed by atoms with E-state index in [9.17, 15) is 0 Å². The smallest absolute Gasteiger partial charge is 0.107 e. The molecule has 0 saturated carbocycles. The molecule has 3 rings (SSSR count). The van der Waals surface area contributed by atoms with Gasteiger partial charge in [0.2, 0.25) is 0 Å². The molecule has 0 aliphatic carbocycles. The summed E-state index contributed by atoms with van der Waals surface area (Å²) in [5, 5.41) is 0. The van der Waals surface area contributed by atoms with E-state index in [1.165, 1.54) is 0 Å². The van der Waals surface area contributed by atoms with E-state index in [4.69, 9.17) is 0 Å². The van der Waals surface area contributed by atoms with E-state index in [0.717, 1.165) is 21.7 Å². The van der Waals surface area contributed by atoms with E-state index in [1.807, 2.05) is 41.1 Å². The van der Waals surface area contributed by atoms with Crippen molar-refractivity contribution < 1.29 is 0 Å². The molecule has 88 valence electrons. The molecule has 0 fully saturated rings. The Labute approximate surface area is 112 Å². The lowest BCUT2D eigenvalue weighted by Crippen LogP contribution is -1.89. The molecule has 0 saturated heterocycles. The summed E-state index contributed by atoms with van der Waals surface area (Å²) in [5.74, 6) is 0. The summed E-state index contributed by atoms with van der Waals surface area (Å²) in [5.41, 5.74) is 2.65. The van der Waals surface area contributed by atoms with Crippen LogP contribution in [0.3, 0.4) is 0 Å². The van der Waals surface area contributed by atoms with Gasteiger partial charge in [-0.25, -0.2) is 9.97 Å². The largest absolute Gasteiger partial charge is 0.304 e. The maximum absolute atomic E-state index is 4.38. The second-order valence-electron chi connectivity index (χ2n) is 3.72. The van der Waals surface area contributed by atoms with Gasteiger partial charge in [0.1, 0.15) is 16.6 Å². The lowest BCUT2D eigenvalue weighted by Gasteiger charge is -1.99. The Bertz CT molecular complexity index is 664. The standard InChI is InChI=1S/C13H9BrN4/c14-13-5-1-4-11(17-13)12-8-18(9-16-12)10-3-2-6-15-7-10/h1-9H. The molecule has 18 heavy (non-hydrogen) atoms. The molecule has 0 N–H and O–H groups in total.